The minimum Gasteiger partial charge on any atom is -0.293 e. The number of nitrogens with zero attached hydrogens (tertiary/aromatic N) is 2. The Balaban J connectivity index is 2.01. The van der Waals surface area contributed by atoms with E-state index in [1.807, 2.05) is 0 Å². The molecule has 0 radical (unpaired) electrons. The summed E-state index contributed by atoms with van der Waals surface area (Å²) < 4.78 is 1.57. The number of carbonyl (C=O) groups excluding carboxylic acids is 1. The van der Waals surface area contributed by atoms with Crippen LogP contribution in [-0.2, 0) is 6.54 Å². The van der Waals surface area contributed by atoms with Gasteiger partial charge in [-0.1, -0.05) is 36.7 Å². The molecule has 0 saturated carbocycles. The largest absolute Gasteiger partial charge is 0.343 e. The number of carbonyl (C=O) groups is 1. The summed E-state index contributed by atoms with van der Waals surface area (Å²) in [6.45, 7) is 2.67. The average Bonchev–Trinajstić information content (AvgIpc) is 2.83. The number of hydrogen-bond donors (Lipinski definition) is 1. The van der Waals surface area contributed by atoms with Crippen LogP contribution in [0.5, 0.6) is 0 Å². The number of thioether (sulfide) groups is 1. The molecule has 1 N–H and O–H groups in total. The Kier molecular flexibility index (Phi) is 5.64. The second-order valence-corrected chi connectivity index (χ2v) is 5.91. The van der Waals surface area contributed by atoms with Gasteiger partial charge >= 0.3 is 5.69 Å². The van der Waals surface area contributed by atoms with Gasteiger partial charge in [0.1, 0.15) is 0 Å². The van der Waals surface area contributed by atoms with E-state index in [0.29, 0.717) is 22.3 Å². The van der Waals surface area contributed by atoms with E-state index in [9.17, 15) is 9.59 Å². The van der Waals surface area contributed by atoms with Crippen LogP contribution in [0.15, 0.2) is 34.2 Å². The van der Waals surface area contributed by atoms with Gasteiger partial charge in [0.2, 0.25) is 0 Å². The van der Waals surface area contributed by atoms with Gasteiger partial charge in [0, 0.05) is 17.1 Å². The van der Waals surface area contributed by atoms with E-state index in [0.717, 1.165) is 12.8 Å². The highest BCUT2D eigenvalue weighted by Crippen LogP contribution is 2.17. The molecule has 0 fully saturated rings. The molecule has 0 aliphatic rings. The highest BCUT2D eigenvalue weighted by Gasteiger charge is 2.12. The maximum atomic E-state index is 12.1. The van der Waals surface area contributed by atoms with Gasteiger partial charge in [-0.15, -0.1) is 5.10 Å². The molecule has 0 aliphatic heterocycles. The lowest BCUT2D eigenvalue weighted by Gasteiger charge is -2.04. The molecular formula is C14H16ClN3O2S. The number of unbranched alkanes of at least 4 members (excludes halogenated alkanes) is 1. The normalized spacial score (nSPS) is 10.8. The molecule has 1 aromatic heterocycles. The van der Waals surface area contributed by atoms with Gasteiger partial charge in [-0.25, -0.2) is 9.89 Å². The third-order valence-corrected chi connectivity index (χ3v) is 4.19. The number of H-pyrrole nitrogens is 1. The molecule has 0 unspecified atom stereocenters. The SMILES string of the molecule is CCCCn1c(SCC(=O)c2ccc(Cl)cc2)n[nH]c1=O. The Morgan fingerprint density at radius 3 is 2.76 bits per heavy atom. The van der Waals surface area contributed by atoms with Gasteiger partial charge in [-0.3, -0.25) is 9.36 Å². The maximum absolute atomic E-state index is 12.1. The highest BCUT2D eigenvalue weighted by atomic mass is 35.5. The Bertz CT molecular complexity index is 664. The Morgan fingerprint density at radius 1 is 1.38 bits per heavy atom. The summed E-state index contributed by atoms with van der Waals surface area (Å²) in [5.74, 6) is 0.215. The van der Waals surface area contributed by atoms with Gasteiger partial charge < -0.3 is 0 Å². The van der Waals surface area contributed by atoms with E-state index in [2.05, 4.69) is 17.1 Å². The molecule has 0 atom stereocenters. The Labute approximate surface area is 131 Å². The van der Waals surface area contributed by atoms with Crippen molar-refractivity contribution in [2.75, 3.05) is 5.75 Å². The second-order valence-electron chi connectivity index (χ2n) is 4.54. The molecule has 2 rings (SSSR count). The smallest absolute Gasteiger partial charge is 0.293 e. The van der Waals surface area contributed by atoms with E-state index in [4.69, 9.17) is 11.6 Å². The van der Waals surface area contributed by atoms with Crippen LogP contribution in [0.4, 0.5) is 0 Å². The van der Waals surface area contributed by atoms with Crippen molar-refractivity contribution in [3.05, 3.63) is 45.3 Å². The van der Waals surface area contributed by atoms with E-state index in [-0.39, 0.29) is 17.2 Å². The molecule has 2 aromatic rings. The zero-order valence-electron chi connectivity index (χ0n) is 11.6. The van der Waals surface area contributed by atoms with Gasteiger partial charge in [0.15, 0.2) is 10.9 Å². The minimum absolute atomic E-state index is 0.0193. The fourth-order valence-electron chi connectivity index (χ4n) is 1.78. The van der Waals surface area contributed by atoms with E-state index < -0.39 is 0 Å². The minimum atomic E-state index is -0.232. The van der Waals surface area contributed by atoms with Crippen LogP contribution in [0, 0.1) is 0 Å². The topological polar surface area (TPSA) is 67.8 Å². The summed E-state index contributed by atoms with van der Waals surface area (Å²) >= 11 is 7.06. The number of halogens is 1. The molecule has 7 heteroatoms. The summed E-state index contributed by atoms with van der Waals surface area (Å²) in [6.07, 6.45) is 1.89. The quantitative estimate of drug-likeness (QED) is 0.627. The lowest BCUT2D eigenvalue weighted by atomic mass is 10.1. The molecule has 0 spiro atoms. The van der Waals surface area contributed by atoms with Gasteiger partial charge in [-0.2, -0.15) is 0 Å². The summed E-state index contributed by atoms with van der Waals surface area (Å²) in [4.78, 5) is 23.7. The first kappa shape index (κ1) is 15.9. The van der Waals surface area contributed by atoms with Crippen LogP contribution < -0.4 is 5.69 Å². The molecule has 1 aromatic carbocycles. The van der Waals surface area contributed by atoms with Crippen molar-refractivity contribution in [2.45, 2.75) is 31.5 Å². The fraction of sp³-hybridized carbons (Fsp3) is 0.357. The van der Waals surface area contributed by atoms with E-state index >= 15 is 0 Å². The molecule has 1 heterocycles. The van der Waals surface area contributed by atoms with Crippen molar-refractivity contribution >= 4 is 29.1 Å². The number of aromatic nitrogens is 3. The summed E-state index contributed by atoms with van der Waals surface area (Å²) in [5, 5.41) is 7.54. The highest BCUT2D eigenvalue weighted by molar-refractivity contribution is 7.99. The standard InChI is InChI=1S/C14H16ClN3O2S/c1-2-3-8-18-13(20)16-17-14(18)21-9-12(19)10-4-6-11(15)7-5-10/h4-7H,2-3,8-9H2,1H3,(H,16,20). The maximum Gasteiger partial charge on any atom is 0.343 e. The van der Waals surface area contributed by atoms with Crippen molar-refractivity contribution in [2.24, 2.45) is 0 Å². The van der Waals surface area contributed by atoms with Crippen LogP contribution in [0.1, 0.15) is 30.1 Å². The number of rotatable bonds is 7. The first-order valence-corrected chi connectivity index (χ1v) is 8.05. The van der Waals surface area contributed by atoms with Crippen molar-refractivity contribution in [1.29, 1.82) is 0 Å². The van der Waals surface area contributed by atoms with Crippen molar-refractivity contribution in [1.82, 2.24) is 14.8 Å². The molecule has 5 nitrogen and oxygen atoms in total. The summed E-state index contributed by atoms with van der Waals surface area (Å²) in [6, 6.07) is 6.76. The zero-order valence-corrected chi connectivity index (χ0v) is 13.2. The van der Waals surface area contributed by atoms with Crippen molar-refractivity contribution < 1.29 is 4.79 Å². The number of ketones is 1. The van der Waals surface area contributed by atoms with Gasteiger partial charge in [-0.05, 0) is 30.7 Å². The number of Topliss-reactive ketones (excluding diaryl/α,β-unsaturated/α-hetero) is 1. The Hall–Kier alpha value is -1.53. The summed E-state index contributed by atoms with van der Waals surface area (Å²) in [7, 11) is 0. The lowest BCUT2D eigenvalue weighted by molar-refractivity contribution is 0.102. The molecule has 112 valence electrons. The third-order valence-electron chi connectivity index (χ3n) is 2.96. The van der Waals surface area contributed by atoms with Crippen molar-refractivity contribution in [3.63, 3.8) is 0 Å². The average molecular weight is 326 g/mol. The molecule has 0 saturated heterocycles. The fourth-order valence-corrected chi connectivity index (χ4v) is 2.77. The zero-order chi connectivity index (χ0) is 15.2. The first-order valence-electron chi connectivity index (χ1n) is 6.68. The third kappa shape index (κ3) is 4.22. The first-order chi connectivity index (χ1) is 10.1. The Morgan fingerprint density at radius 2 is 2.10 bits per heavy atom. The number of aromatic amines is 1. The van der Waals surface area contributed by atoms with Crippen molar-refractivity contribution in [3.8, 4) is 0 Å². The van der Waals surface area contributed by atoms with E-state index in [1.165, 1.54) is 11.8 Å². The predicted molar refractivity (Wildman–Crippen MR) is 84.3 cm³/mol. The van der Waals surface area contributed by atoms with Crippen LogP contribution in [0.25, 0.3) is 0 Å². The summed E-state index contributed by atoms with van der Waals surface area (Å²) in [5.41, 5.74) is 0.370. The monoisotopic (exact) mass is 325 g/mol. The van der Waals surface area contributed by atoms with Crippen LogP contribution >= 0.6 is 23.4 Å². The predicted octanol–water partition coefficient (Wildman–Crippen LogP) is 3.00. The van der Waals surface area contributed by atoms with Crippen LogP contribution in [0.3, 0.4) is 0 Å². The molecule has 21 heavy (non-hydrogen) atoms. The molecule has 0 amide bonds. The van der Waals surface area contributed by atoms with Gasteiger partial charge in [0.25, 0.3) is 0 Å². The van der Waals surface area contributed by atoms with Crippen LogP contribution in [-0.4, -0.2) is 26.3 Å². The second kappa shape index (κ2) is 7.47. The molecular weight excluding hydrogens is 310 g/mol. The lowest BCUT2D eigenvalue weighted by Crippen LogP contribution is -2.18. The molecule has 0 aliphatic carbocycles. The molecule has 0 bridgehead atoms. The number of hydrogen-bond acceptors (Lipinski definition) is 4. The van der Waals surface area contributed by atoms with Gasteiger partial charge in [0.05, 0.1) is 5.75 Å². The van der Waals surface area contributed by atoms with E-state index in [1.54, 1.807) is 28.8 Å². The van der Waals surface area contributed by atoms with Crippen LogP contribution in [0.2, 0.25) is 5.02 Å². The number of benzene rings is 1. The number of nitrogens with one attached hydrogen (secondary N) is 1.